The second-order valence-electron chi connectivity index (χ2n) is 6.50. The average Bonchev–Trinajstić information content (AvgIpc) is 2.98. The minimum Gasteiger partial charge on any atom is -0.493 e. The van der Waals surface area contributed by atoms with Crippen LogP contribution in [0.2, 0.25) is 0 Å². The number of carbonyl (C=O) groups excluding carboxylic acids is 2. The number of morpholine rings is 1. The van der Waals surface area contributed by atoms with Crippen LogP contribution >= 0.6 is 0 Å². The van der Waals surface area contributed by atoms with Gasteiger partial charge in [-0.15, -0.1) is 0 Å². The molecular formula is C20H26N2O6. The molecule has 0 unspecified atom stereocenters. The van der Waals surface area contributed by atoms with Crippen LogP contribution < -0.4 is 9.47 Å². The molecule has 1 saturated heterocycles. The van der Waals surface area contributed by atoms with E-state index in [9.17, 15) is 9.59 Å². The highest BCUT2D eigenvalue weighted by atomic mass is 16.5. The highest BCUT2D eigenvalue weighted by Gasteiger charge is 2.41. The van der Waals surface area contributed by atoms with Crippen LogP contribution in [0.1, 0.15) is 12.0 Å². The van der Waals surface area contributed by atoms with Crippen molar-refractivity contribution in [2.24, 2.45) is 0 Å². The molecule has 1 fully saturated rings. The Morgan fingerprint density at radius 1 is 1.00 bits per heavy atom. The third-order valence-electron chi connectivity index (χ3n) is 4.87. The molecule has 0 spiro atoms. The van der Waals surface area contributed by atoms with Crippen LogP contribution in [-0.2, 0) is 19.1 Å². The van der Waals surface area contributed by atoms with E-state index in [1.54, 1.807) is 32.4 Å². The number of nitrogens with zero attached hydrogens (tertiary/aromatic N) is 2. The molecule has 3 rings (SSSR count). The first-order chi connectivity index (χ1) is 13.6. The van der Waals surface area contributed by atoms with Crippen molar-refractivity contribution in [2.75, 3.05) is 60.8 Å². The van der Waals surface area contributed by atoms with Crippen LogP contribution in [0.25, 0.3) is 5.57 Å². The lowest BCUT2D eigenvalue weighted by Gasteiger charge is -2.29. The number of benzene rings is 1. The maximum Gasteiger partial charge on any atom is 0.277 e. The maximum absolute atomic E-state index is 13.2. The Hall–Kier alpha value is -2.58. The van der Waals surface area contributed by atoms with Crippen molar-refractivity contribution in [3.8, 4) is 11.5 Å². The van der Waals surface area contributed by atoms with Gasteiger partial charge in [0.2, 0.25) is 0 Å². The summed E-state index contributed by atoms with van der Waals surface area (Å²) in [5.74, 6) is 0.503. The standard InChI is InChI=1S/C20H26N2O6/c1-25-10-4-7-22-19(23)17(14-5-6-15(26-2)16(13-14)27-3)18(20(22)24)21-8-11-28-12-9-21/h5-6,13H,4,7-12H2,1-3H3. The van der Waals surface area contributed by atoms with Crippen LogP contribution in [0.5, 0.6) is 11.5 Å². The summed E-state index contributed by atoms with van der Waals surface area (Å²) < 4.78 is 21.1. The zero-order valence-electron chi connectivity index (χ0n) is 16.5. The summed E-state index contributed by atoms with van der Waals surface area (Å²) in [4.78, 5) is 29.6. The Morgan fingerprint density at radius 2 is 1.71 bits per heavy atom. The number of amides is 2. The van der Waals surface area contributed by atoms with Gasteiger partial charge in [-0.2, -0.15) is 0 Å². The number of imide groups is 1. The maximum atomic E-state index is 13.2. The summed E-state index contributed by atoms with van der Waals surface area (Å²) in [6.45, 7) is 2.97. The van der Waals surface area contributed by atoms with Gasteiger partial charge in [0.05, 0.1) is 33.0 Å². The molecule has 8 nitrogen and oxygen atoms in total. The van der Waals surface area contributed by atoms with E-state index >= 15 is 0 Å². The summed E-state index contributed by atoms with van der Waals surface area (Å²) in [7, 11) is 4.69. The molecule has 1 aromatic rings. The van der Waals surface area contributed by atoms with Gasteiger partial charge in [0.1, 0.15) is 5.70 Å². The van der Waals surface area contributed by atoms with Crippen molar-refractivity contribution < 1.29 is 28.5 Å². The first kappa shape index (κ1) is 20.2. The topological polar surface area (TPSA) is 77.5 Å². The molecule has 0 aliphatic carbocycles. The predicted octanol–water partition coefficient (Wildman–Crippen LogP) is 1.15. The lowest BCUT2D eigenvalue weighted by molar-refractivity contribution is -0.138. The van der Waals surface area contributed by atoms with Crippen LogP contribution in [0.15, 0.2) is 23.9 Å². The molecule has 0 saturated carbocycles. The van der Waals surface area contributed by atoms with E-state index in [2.05, 4.69) is 0 Å². The first-order valence-corrected chi connectivity index (χ1v) is 9.26. The Labute approximate surface area is 164 Å². The van der Waals surface area contributed by atoms with Gasteiger partial charge in [-0.25, -0.2) is 0 Å². The normalized spacial score (nSPS) is 17.5. The Bertz CT molecular complexity index is 770. The predicted molar refractivity (Wildman–Crippen MR) is 102 cm³/mol. The Balaban J connectivity index is 2.02. The molecule has 28 heavy (non-hydrogen) atoms. The molecule has 0 bridgehead atoms. The van der Waals surface area contributed by atoms with Gasteiger partial charge in [0, 0.05) is 33.4 Å². The molecule has 2 amide bonds. The summed E-state index contributed by atoms with van der Waals surface area (Å²) in [6, 6.07) is 5.25. The van der Waals surface area contributed by atoms with E-state index in [1.165, 1.54) is 12.0 Å². The van der Waals surface area contributed by atoms with Gasteiger partial charge in [0.15, 0.2) is 11.5 Å². The number of ether oxygens (including phenoxy) is 4. The number of rotatable bonds is 8. The number of methoxy groups -OCH3 is 3. The van der Waals surface area contributed by atoms with Gasteiger partial charge in [-0.05, 0) is 24.1 Å². The lowest BCUT2D eigenvalue weighted by Crippen LogP contribution is -2.40. The van der Waals surface area contributed by atoms with E-state index in [4.69, 9.17) is 18.9 Å². The fraction of sp³-hybridized carbons (Fsp3) is 0.500. The molecule has 8 heteroatoms. The number of hydrogen-bond donors (Lipinski definition) is 0. The highest BCUT2D eigenvalue weighted by molar-refractivity contribution is 6.35. The summed E-state index contributed by atoms with van der Waals surface area (Å²) >= 11 is 0. The van der Waals surface area contributed by atoms with Crippen molar-refractivity contribution in [2.45, 2.75) is 6.42 Å². The second kappa shape index (κ2) is 9.07. The molecule has 0 aromatic heterocycles. The zero-order chi connectivity index (χ0) is 20.1. The summed E-state index contributed by atoms with van der Waals surface area (Å²) in [5, 5.41) is 0. The zero-order valence-corrected chi connectivity index (χ0v) is 16.5. The van der Waals surface area contributed by atoms with Gasteiger partial charge in [-0.1, -0.05) is 6.07 Å². The van der Waals surface area contributed by atoms with Crippen LogP contribution in [0, 0.1) is 0 Å². The van der Waals surface area contributed by atoms with Crippen LogP contribution in [0.4, 0.5) is 0 Å². The van der Waals surface area contributed by atoms with Crippen molar-refractivity contribution in [1.29, 1.82) is 0 Å². The minimum absolute atomic E-state index is 0.271. The lowest BCUT2D eigenvalue weighted by atomic mass is 10.0. The van der Waals surface area contributed by atoms with Gasteiger partial charge in [0.25, 0.3) is 11.8 Å². The van der Waals surface area contributed by atoms with E-state index in [0.29, 0.717) is 74.2 Å². The van der Waals surface area contributed by atoms with Crippen molar-refractivity contribution in [1.82, 2.24) is 9.80 Å². The number of hydrogen-bond acceptors (Lipinski definition) is 7. The quantitative estimate of drug-likeness (QED) is 0.487. The van der Waals surface area contributed by atoms with Gasteiger partial charge < -0.3 is 23.8 Å². The third kappa shape index (κ3) is 3.83. The third-order valence-corrected chi connectivity index (χ3v) is 4.87. The largest absolute Gasteiger partial charge is 0.493 e. The van der Waals surface area contributed by atoms with Crippen molar-refractivity contribution in [3.05, 3.63) is 29.5 Å². The average molecular weight is 390 g/mol. The molecular weight excluding hydrogens is 364 g/mol. The van der Waals surface area contributed by atoms with Crippen molar-refractivity contribution in [3.63, 3.8) is 0 Å². The molecule has 1 aromatic carbocycles. The van der Waals surface area contributed by atoms with E-state index in [0.717, 1.165) is 0 Å². The van der Waals surface area contributed by atoms with E-state index in [1.807, 2.05) is 4.90 Å². The molecule has 0 radical (unpaired) electrons. The summed E-state index contributed by atoms with van der Waals surface area (Å²) in [6.07, 6.45) is 0.587. The fourth-order valence-corrected chi connectivity index (χ4v) is 3.47. The minimum atomic E-state index is -0.296. The SMILES string of the molecule is COCCCN1C(=O)C(c2ccc(OC)c(OC)c2)=C(N2CCOCC2)C1=O. The van der Waals surface area contributed by atoms with Crippen LogP contribution in [-0.4, -0.2) is 82.4 Å². The molecule has 0 atom stereocenters. The van der Waals surface area contributed by atoms with Gasteiger partial charge >= 0.3 is 0 Å². The molecule has 2 heterocycles. The molecule has 0 N–H and O–H groups in total. The van der Waals surface area contributed by atoms with Crippen LogP contribution in [0.3, 0.4) is 0 Å². The molecule has 152 valence electrons. The molecule has 2 aliphatic heterocycles. The first-order valence-electron chi connectivity index (χ1n) is 9.26. The van der Waals surface area contributed by atoms with Crippen molar-refractivity contribution >= 4 is 17.4 Å². The van der Waals surface area contributed by atoms with Gasteiger partial charge in [-0.3, -0.25) is 14.5 Å². The smallest absolute Gasteiger partial charge is 0.277 e. The second-order valence-corrected chi connectivity index (χ2v) is 6.50. The highest BCUT2D eigenvalue weighted by Crippen LogP contribution is 2.36. The monoisotopic (exact) mass is 390 g/mol. The fourth-order valence-electron chi connectivity index (χ4n) is 3.47. The number of carbonyl (C=O) groups is 2. The Morgan fingerprint density at radius 3 is 2.36 bits per heavy atom. The Kier molecular flexibility index (Phi) is 6.53. The summed E-state index contributed by atoms with van der Waals surface area (Å²) in [5.41, 5.74) is 1.45. The molecule has 2 aliphatic rings. The van der Waals surface area contributed by atoms with E-state index in [-0.39, 0.29) is 11.8 Å². The van der Waals surface area contributed by atoms with E-state index < -0.39 is 0 Å².